The number of carbonyl (C=O) groups excluding carboxylic acids is 2. The molecule has 2 heterocycles. The minimum Gasteiger partial charge on any atom is -0.495 e. The third-order valence-electron chi connectivity index (χ3n) is 4.46. The maximum atomic E-state index is 12.7. The number of amides is 1. The molecule has 1 aliphatic rings. The highest BCUT2D eigenvalue weighted by Crippen LogP contribution is 2.36. The number of fused-ring (bicyclic) bond motifs is 1. The van der Waals surface area contributed by atoms with E-state index in [4.69, 9.17) is 9.47 Å². The van der Waals surface area contributed by atoms with Crippen molar-refractivity contribution >= 4 is 27.7 Å². The molecular formula is C18H22N4O6S. The molecule has 1 aliphatic heterocycles. The lowest BCUT2D eigenvalue weighted by Gasteiger charge is -2.13. The smallest absolute Gasteiger partial charge is 0.249 e. The normalized spacial score (nSPS) is 14.3. The molecule has 0 unspecified atom stereocenters. The quantitative estimate of drug-likeness (QED) is 0.641. The van der Waals surface area contributed by atoms with Crippen LogP contribution in [0.3, 0.4) is 0 Å². The van der Waals surface area contributed by atoms with E-state index in [1.807, 2.05) is 0 Å². The lowest BCUT2D eigenvalue weighted by molar-refractivity contribution is -0.116. The van der Waals surface area contributed by atoms with Crippen LogP contribution < -0.4 is 14.8 Å². The zero-order valence-electron chi connectivity index (χ0n) is 16.3. The van der Waals surface area contributed by atoms with Gasteiger partial charge in [-0.15, -0.1) is 0 Å². The molecule has 0 saturated carbocycles. The summed E-state index contributed by atoms with van der Waals surface area (Å²) in [4.78, 5) is 24.2. The van der Waals surface area contributed by atoms with Crippen molar-refractivity contribution in [3.05, 3.63) is 23.9 Å². The van der Waals surface area contributed by atoms with Gasteiger partial charge in [0.1, 0.15) is 16.5 Å². The average Bonchev–Trinajstić information content (AvgIpc) is 2.94. The van der Waals surface area contributed by atoms with Gasteiger partial charge in [0.2, 0.25) is 21.8 Å². The van der Waals surface area contributed by atoms with Gasteiger partial charge in [0.05, 0.1) is 19.4 Å². The van der Waals surface area contributed by atoms with Crippen LogP contribution in [-0.2, 0) is 19.6 Å². The molecule has 29 heavy (non-hydrogen) atoms. The van der Waals surface area contributed by atoms with Crippen LogP contribution in [0.1, 0.15) is 23.3 Å². The van der Waals surface area contributed by atoms with Crippen LogP contribution in [0.2, 0.25) is 0 Å². The number of hydrogen-bond acceptors (Lipinski definition) is 7. The first kappa shape index (κ1) is 21.0. The molecule has 2 N–H and O–H groups in total. The van der Waals surface area contributed by atoms with Crippen molar-refractivity contribution in [2.24, 2.45) is 0 Å². The van der Waals surface area contributed by atoms with Gasteiger partial charge in [-0.05, 0) is 24.6 Å². The first-order valence-electron chi connectivity index (χ1n) is 8.88. The van der Waals surface area contributed by atoms with Gasteiger partial charge in [0.15, 0.2) is 0 Å². The summed E-state index contributed by atoms with van der Waals surface area (Å²) in [5.41, 5.74) is 1.44. The maximum absolute atomic E-state index is 12.7. The van der Waals surface area contributed by atoms with Crippen LogP contribution in [-0.4, -0.2) is 57.4 Å². The summed E-state index contributed by atoms with van der Waals surface area (Å²) in [5.74, 6) is -0.221. The van der Waals surface area contributed by atoms with E-state index in [0.29, 0.717) is 16.8 Å². The van der Waals surface area contributed by atoms with E-state index in [-0.39, 0.29) is 54.3 Å². The lowest BCUT2D eigenvalue weighted by atomic mass is 10.1. The number of benzene rings is 1. The Morgan fingerprint density at radius 1 is 1.24 bits per heavy atom. The van der Waals surface area contributed by atoms with Gasteiger partial charge in [-0.2, -0.15) is 9.78 Å². The third-order valence-corrected chi connectivity index (χ3v) is 5.94. The lowest BCUT2D eigenvalue weighted by Crippen LogP contribution is -2.27. The molecule has 2 aromatic rings. The Bertz CT molecular complexity index is 1060. The summed E-state index contributed by atoms with van der Waals surface area (Å²) in [6, 6.07) is 4.60. The molecule has 0 bridgehead atoms. The van der Waals surface area contributed by atoms with Gasteiger partial charge in [-0.1, -0.05) is 6.07 Å². The van der Waals surface area contributed by atoms with Gasteiger partial charge >= 0.3 is 0 Å². The van der Waals surface area contributed by atoms with E-state index in [9.17, 15) is 18.0 Å². The summed E-state index contributed by atoms with van der Waals surface area (Å²) >= 11 is 0. The molecule has 1 amide bonds. The van der Waals surface area contributed by atoms with E-state index in [2.05, 4.69) is 15.1 Å². The number of sulfonamides is 1. The minimum atomic E-state index is -3.89. The molecule has 3 rings (SSSR count). The fourth-order valence-corrected chi connectivity index (χ4v) is 4.29. The molecule has 0 saturated heterocycles. The van der Waals surface area contributed by atoms with E-state index >= 15 is 0 Å². The van der Waals surface area contributed by atoms with E-state index < -0.39 is 10.0 Å². The SMILES string of the molecule is COCCNS(=O)(=O)c1cc(-c2c(C)nn3c2NC(=O)CCC3=O)ccc1OC. The Labute approximate surface area is 168 Å². The highest BCUT2D eigenvalue weighted by Gasteiger charge is 2.28. The predicted octanol–water partition coefficient (Wildman–Crippen LogP) is 1.16. The molecule has 156 valence electrons. The molecule has 0 fully saturated rings. The van der Waals surface area contributed by atoms with E-state index in [1.165, 1.54) is 26.4 Å². The molecular weight excluding hydrogens is 400 g/mol. The van der Waals surface area contributed by atoms with Gasteiger partial charge in [0.25, 0.3) is 0 Å². The number of carbonyl (C=O) groups is 2. The van der Waals surface area contributed by atoms with Crippen molar-refractivity contribution in [2.75, 3.05) is 32.7 Å². The standard InChI is InChI=1S/C18H22N4O6S/c1-11-17(18-20-15(23)6-7-16(24)22(18)21-11)12-4-5-13(28-3)14(10-12)29(25,26)19-8-9-27-2/h4-5,10,19H,6-9H2,1-3H3,(H,20,23). The Kier molecular flexibility index (Phi) is 6.01. The highest BCUT2D eigenvalue weighted by molar-refractivity contribution is 7.89. The third kappa shape index (κ3) is 4.16. The van der Waals surface area contributed by atoms with Crippen LogP contribution in [0.15, 0.2) is 23.1 Å². The summed E-state index contributed by atoms with van der Waals surface area (Å²) < 4.78 is 39.2. The topological polar surface area (TPSA) is 129 Å². The van der Waals surface area contributed by atoms with Crippen LogP contribution in [0, 0.1) is 6.92 Å². The highest BCUT2D eigenvalue weighted by atomic mass is 32.2. The Morgan fingerprint density at radius 2 is 2.00 bits per heavy atom. The number of aryl methyl sites for hydroxylation is 1. The summed E-state index contributed by atoms with van der Waals surface area (Å²) in [6.07, 6.45) is 0.109. The second-order valence-electron chi connectivity index (χ2n) is 6.42. The zero-order chi connectivity index (χ0) is 21.2. The van der Waals surface area contributed by atoms with Gasteiger partial charge in [-0.3, -0.25) is 9.59 Å². The van der Waals surface area contributed by atoms with Gasteiger partial charge < -0.3 is 14.8 Å². The average molecular weight is 422 g/mol. The Hall–Kier alpha value is -2.76. The predicted molar refractivity (Wildman–Crippen MR) is 105 cm³/mol. The Balaban J connectivity index is 2.12. The van der Waals surface area contributed by atoms with Crippen molar-refractivity contribution in [3.63, 3.8) is 0 Å². The minimum absolute atomic E-state index is 0.0467. The van der Waals surface area contributed by atoms with Crippen LogP contribution >= 0.6 is 0 Å². The van der Waals surface area contributed by atoms with Gasteiger partial charge in [0, 0.05) is 32.1 Å². The fourth-order valence-electron chi connectivity index (χ4n) is 3.09. The van der Waals surface area contributed by atoms with Crippen molar-refractivity contribution in [3.8, 4) is 16.9 Å². The molecule has 1 aromatic heterocycles. The summed E-state index contributed by atoms with van der Waals surface area (Å²) in [5, 5.41) is 6.93. The second kappa shape index (κ2) is 8.31. The number of rotatable bonds is 7. The molecule has 10 nitrogen and oxygen atoms in total. The van der Waals surface area contributed by atoms with Gasteiger partial charge in [-0.25, -0.2) is 13.1 Å². The number of nitrogens with one attached hydrogen (secondary N) is 2. The number of anilines is 1. The van der Waals surface area contributed by atoms with Crippen molar-refractivity contribution in [1.82, 2.24) is 14.5 Å². The van der Waals surface area contributed by atoms with Crippen LogP contribution in [0.4, 0.5) is 5.82 Å². The molecule has 0 atom stereocenters. The summed E-state index contributed by atoms with van der Waals surface area (Å²) in [6.45, 7) is 2.00. The maximum Gasteiger partial charge on any atom is 0.249 e. The second-order valence-corrected chi connectivity index (χ2v) is 8.15. The van der Waals surface area contributed by atoms with Crippen molar-refractivity contribution in [1.29, 1.82) is 0 Å². The Morgan fingerprint density at radius 3 is 2.69 bits per heavy atom. The molecule has 11 heteroatoms. The molecule has 0 spiro atoms. The van der Waals surface area contributed by atoms with E-state index in [1.54, 1.807) is 13.0 Å². The van der Waals surface area contributed by atoms with Crippen molar-refractivity contribution in [2.45, 2.75) is 24.7 Å². The number of nitrogens with zero attached hydrogens (tertiary/aromatic N) is 2. The monoisotopic (exact) mass is 422 g/mol. The number of methoxy groups -OCH3 is 2. The first-order valence-corrected chi connectivity index (χ1v) is 10.4. The zero-order valence-corrected chi connectivity index (χ0v) is 17.1. The number of hydrogen-bond donors (Lipinski definition) is 2. The molecule has 0 radical (unpaired) electrons. The number of aromatic nitrogens is 2. The molecule has 0 aliphatic carbocycles. The van der Waals surface area contributed by atoms with E-state index in [0.717, 1.165) is 4.68 Å². The largest absolute Gasteiger partial charge is 0.495 e. The fraction of sp³-hybridized carbons (Fsp3) is 0.389. The molecule has 1 aromatic carbocycles. The number of ether oxygens (including phenoxy) is 2. The summed E-state index contributed by atoms with van der Waals surface area (Å²) in [7, 11) is -1.04. The van der Waals surface area contributed by atoms with Crippen LogP contribution in [0.25, 0.3) is 11.1 Å². The van der Waals surface area contributed by atoms with Crippen LogP contribution in [0.5, 0.6) is 5.75 Å². The van der Waals surface area contributed by atoms with Crippen molar-refractivity contribution < 1.29 is 27.5 Å². The first-order chi connectivity index (χ1) is 13.8.